The third kappa shape index (κ3) is 3.79. The molecule has 2 aromatic rings. The lowest BCUT2D eigenvalue weighted by atomic mass is 9.98. The average molecular weight is 347 g/mol. The van der Waals surface area contributed by atoms with Crippen LogP contribution in [0.1, 0.15) is 43.1 Å². The SMILES string of the molecule is CC(c1ccccc1)n1c(SCC(=O)O)nnc1C1CCOCC1. The van der Waals surface area contributed by atoms with E-state index in [-0.39, 0.29) is 11.8 Å². The highest BCUT2D eigenvalue weighted by atomic mass is 32.2. The molecular weight excluding hydrogens is 326 g/mol. The van der Waals surface area contributed by atoms with Crippen molar-refractivity contribution in [3.63, 3.8) is 0 Å². The quantitative estimate of drug-likeness (QED) is 0.810. The molecule has 2 heterocycles. The van der Waals surface area contributed by atoms with Crippen LogP contribution < -0.4 is 0 Å². The monoisotopic (exact) mass is 347 g/mol. The van der Waals surface area contributed by atoms with Crippen LogP contribution in [-0.2, 0) is 9.53 Å². The Morgan fingerprint density at radius 3 is 2.71 bits per heavy atom. The van der Waals surface area contributed by atoms with E-state index in [1.54, 1.807) is 0 Å². The molecule has 0 aliphatic carbocycles. The van der Waals surface area contributed by atoms with Crippen LogP contribution in [0.15, 0.2) is 35.5 Å². The molecule has 0 bridgehead atoms. The lowest BCUT2D eigenvalue weighted by molar-refractivity contribution is -0.133. The topological polar surface area (TPSA) is 77.2 Å². The maximum Gasteiger partial charge on any atom is 0.313 e. The molecule has 6 nitrogen and oxygen atoms in total. The third-order valence-electron chi connectivity index (χ3n) is 4.27. The fourth-order valence-corrected chi connectivity index (χ4v) is 3.73. The van der Waals surface area contributed by atoms with Gasteiger partial charge in [-0.1, -0.05) is 42.1 Å². The van der Waals surface area contributed by atoms with Crippen LogP contribution in [0.25, 0.3) is 0 Å². The summed E-state index contributed by atoms with van der Waals surface area (Å²) >= 11 is 1.22. The second-order valence-corrected chi connectivity index (χ2v) is 6.81. The zero-order valence-electron chi connectivity index (χ0n) is 13.6. The molecule has 1 aromatic heterocycles. The fraction of sp³-hybridized carbons (Fsp3) is 0.471. The van der Waals surface area contributed by atoms with Crippen LogP contribution in [0.2, 0.25) is 0 Å². The molecule has 1 fully saturated rings. The summed E-state index contributed by atoms with van der Waals surface area (Å²) < 4.78 is 7.55. The normalized spacial score (nSPS) is 16.9. The number of aromatic nitrogens is 3. The van der Waals surface area contributed by atoms with E-state index in [1.807, 2.05) is 18.2 Å². The Bertz CT molecular complexity index is 684. The molecule has 1 atom stereocenters. The largest absolute Gasteiger partial charge is 0.481 e. The molecule has 1 aliphatic rings. The van der Waals surface area contributed by atoms with Crippen molar-refractivity contribution in [3.05, 3.63) is 41.7 Å². The first-order valence-corrected chi connectivity index (χ1v) is 9.07. The van der Waals surface area contributed by atoms with Gasteiger partial charge >= 0.3 is 5.97 Å². The number of carbonyl (C=O) groups is 1. The lowest BCUT2D eigenvalue weighted by Gasteiger charge is -2.25. The Balaban J connectivity index is 1.95. The van der Waals surface area contributed by atoms with Crippen LogP contribution in [0, 0.1) is 0 Å². The summed E-state index contributed by atoms with van der Waals surface area (Å²) in [5, 5.41) is 18.3. The van der Waals surface area contributed by atoms with Crippen molar-refractivity contribution in [2.45, 2.75) is 36.9 Å². The van der Waals surface area contributed by atoms with Crippen molar-refractivity contribution < 1.29 is 14.6 Å². The molecule has 24 heavy (non-hydrogen) atoms. The zero-order valence-corrected chi connectivity index (χ0v) is 14.4. The van der Waals surface area contributed by atoms with Crippen molar-refractivity contribution in [1.29, 1.82) is 0 Å². The highest BCUT2D eigenvalue weighted by Gasteiger charge is 2.27. The van der Waals surface area contributed by atoms with E-state index in [0.29, 0.717) is 11.1 Å². The Hall–Kier alpha value is -1.86. The molecule has 1 N–H and O–H groups in total. The van der Waals surface area contributed by atoms with E-state index >= 15 is 0 Å². The first-order chi connectivity index (χ1) is 11.7. The fourth-order valence-electron chi connectivity index (χ4n) is 2.99. The lowest BCUT2D eigenvalue weighted by Crippen LogP contribution is -2.20. The van der Waals surface area contributed by atoms with E-state index in [9.17, 15) is 4.79 Å². The van der Waals surface area contributed by atoms with Crippen molar-refractivity contribution in [2.75, 3.05) is 19.0 Å². The first-order valence-electron chi connectivity index (χ1n) is 8.09. The second kappa shape index (κ2) is 7.81. The van der Waals surface area contributed by atoms with Gasteiger partial charge in [-0.2, -0.15) is 0 Å². The second-order valence-electron chi connectivity index (χ2n) is 5.87. The number of nitrogens with zero attached hydrogens (tertiary/aromatic N) is 3. The maximum atomic E-state index is 10.9. The van der Waals surface area contributed by atoms with Gasteiger partial charge in [-0.3, -0.25) is 9.36 Å². The molecule has 0 saturated carbocycles. The Labute approximate surface area is 145 Å². The van der Waals surface area contributed by atoms with E-state index in [2.05, 4.69) is 33.8 Å². The van der Waals surface area contributed by atoms with Gasteiger partial charge in [0.15, 0.2) is 5.16 Å². The highest BCUT2D eigenvalue weighted by molar-refractivity contribution is 7.99. The number of hydrogen-bond acceptors (Lipinski definition) is 5. The van der Waals surface area contributed by atoms with Crippen LogP contribution >= 0.6 is 11.8 Å². The summed E-state index contributed by atoms with van der Waals surface area (Å²) in [4.78, 5) is 10.9. The minimum atomic E-state index is -0.852. The Kier molecular flexibility index (Phi) is 5.52. The molecule has 128 valence electrons. The smallest absolute Gasteiger partial charge is 0.313 e. The van der Waals surface area contributed by atoms with Gasteiger partial charge in [0.05, 0.1) is 11.8 Å². The predicted octanol–water partition coefficient (Wildman–Crippen LogP) is 2.96. The van der Waals surface area contributed by atoms with Gasteiger partial charge in [0.2, 0.25) is 0 Å². The maximum absolute atomic E-state index is 10.9. The van der Waals surface area contributed by atoms with Crippen molar-refractivity contribution in [1.82, 2.24) is 14.8 Å². The Morgan fingerprint density at radius 1 is 1.33 bits per heavy atom. The number of rotatable bonds is 6. The zero-order chi connectivity index (χ0) is 16.9. The van der Waals surface area contributed by atoms with Gasteiger partial charge in [0.25, 0.3) is 0 Å². The van der Waals surface area contributed by atoms with E-state index in [4.69, 9.17) is 9.84 Å². The third-order valence-corrected chi connectivity index (χ3v) is 5.20. The Morgan fingerprint density at radius 2 is 2.04 bits per heavy atom. The first kappa shape index (κ1) is 17.0. The van der Waals surface area contributed by atoms with Gasteiger partial charge in [0.1, 0.15) is 5.82 Å². The summed E-state index contributed by atoms with van der Waals surface area (Å²) in [6.07, 6.45) is 1.84. The van der Waals surface area contributed by atoms with Crippen LogP contribution in [-0.4, -0.2) is 44.8 Å². The van der Waals surface area contributed by atoms with Crippen molar-refractivity contribution in [3.8, 4) is 0 Å². The molecule has 0 amide bonds. The number of benzene rings is 1. The number of carboxylic acids is 1. The number of hydrogen-bond donors (Lipinski definition) is 1. The van der Waals surface area contributed by atoms with Gasteiger partial charge in [-0.05, 0) is 25.3 Å². The van der Waals surface area contributed by atoms with E-state index in [0.717, 1.165) is 37.4 Å². The molecule has 7 heteroatoms. The molecule has 0 radical (unpaired) electrons. The van der Waals surface area contributed by atoms with Gasteiger partial charge < -0.3 is 9.84 Å². The summed E-state index contributed by atoms with van der Waals surface area (Å²) in [5.74, 6) is 0.363. The molecule has 1 unspecified atom stereocenters. The number of aliphatic carboxylic acids is 1. The van der Waals surface area contributed by atoms with Gasteiger partial charge in [-0.15, -0.1) is 10.2 Å². The van der Waals surface area contributed by atoms with Gasteiger partial charge in [-0.25, -0.2) is 0 Å². The number of thioether (sulfide) groups is 1. The average Bonchev–Trinajstić information content (AvgIpc) is 3.04. The predicted molar refractivity (Wildman–Crippen MR) is 91.4 cm³/mol. The molecule has 0 spiro atoms. The minimum absolute atomic E-state index is 0.0204. The molecular formula is C17H21N3O3S. The summed E-state index contributed by atoms with van der Waals surface area (Å²) in [6.45, 7) is 3.57. The van der Waals surface area contributed by atoms with Crippen LogP contribution in [0.5, 0.6) is 0 Å². The van der Waals surface area contributed by atoms with E-state index < -0.39 is 5.97 Å². The van der Waals surface area contributed by atoms with Crippen LogP contribution in [0.3, 0.4) is 0 Å². The standard InChI is InChI=1S/C17H21N3O3S/c1-12(13-5-3-2-4-6-13)20-16(14-7-9-23-10-8-14)18-19-17(20)24-11-15(21)22/h2-6,12,14H,7-11H2,1H3,(H,21,22). The van der Waals surface area contributed by atoms with E-state index in [1.165, 1.54) is 11.8 Å². The molecule has 1 aliphatic heterocycles. The summed E-state index contributed by atoms with van der Waals surface area (Å²) in [7, 11) is 0. The molecule has 3 rings (SSSR count). The summed E-state index contributed by atoms with van der Waals surface area (Å²) in [5.41, 5.74) is 1.16. The number of ether oxygens (including phenoxy) is 1. The van der Waals surface area contributed by atoms with Crippen LogP contribution in [0.4, 0.5) is 0 Å². The molecule has 1 saturated heterocycles. The van der Waals surface area contributed by atoms with Crippen molar-refractivity contribution >= 4 is 17.7 Å². The highest BCUT2D eigenvalue weighted by Crippen LogP contribution is 2.33. The minimum Gasteiger partial charge on any atom is -0.481 e. The summed E-state index contributed by atoms with van der Waals surface area (Å²) in [6, 6.07) is 10.2. The van der Waals surface area contributed by atoms with Gasteiger partial charge in [0, 0.05) is 19.1 Å². The molecule has 1 aromatic carbocycles. The number of carboxylic acid groups (broad SMARTS) is 1. The van der Waals surface area contributed by atoms with Crippen molar-refractivity contribution in [2.24, 2.45) is 0 Å².